The number of hydrogen-bond acceptors (Lipinski definition) is 3. The molecule has 4 heteroatoms. The Kier molecular flexibility index (Phi) is 3.83. The van der Waals surface area contributed by atoms with Crippen molar-refractivity contribution in [3.8, 4) is 0 Å². The molecule has 0 N–H and O–H groups in total. The fourth-order valence-electron chi connectivity index (χ4n) is 3.12. The topological polar surface area (TPSA) is 40.6 Å². The van der Waals surface area contributed by atoms with Gasteiger partial charge in [-0.05, 0) is 37.9 Å². The van der Waals surface area contributed by atoms with Crippen LogP contribution in [-0.2, 0) is 16.0 Å². The second kappa shape index (κ2) is 5.75. The molecule has 2 fully saturated rings. The quantitative estimate of drug-likeness (QED) is 0.779. The predicted molar refractivity (Wildman–Crippen MR) is 76.1 cm³/mol. The summed E-state index contributed by atoms with van der Waals surface area (Å²) in [7, 11) is 0. The highest BCUT2D eigenvalue weighted by molar-refractivity contribution is 6.05. The lowest BCUT2D eigenvalue weighted by molar-refractivity contribution is -0.139. The molecule has 3 rings (SSSR count). The van der Waals surface area contributed by atoms with E-state index in [0.29, 0.717) is 13.0 Å². The molecular formula is C16H20N2O2. The number of hydrogen-bond donors (Lipinski definition) is 0. The van der Waals surface area contributed by atoms with Gasteiger partial charge in [-0.3, -0.25) is 19.4 Å². The molecule has 2 aliphatic rings. The number of benzene rings is 1. The van der Waals surface area contributed by atoms with E-state index in [4.69, 9.17) is 0 Å². The third kappa shape index (κ3) is 2.61. The summed E-state index contributed by atoms with van der Waals surface area (Å²) < 4.78 is 0. The lowest BCUT2D eigenvalue weighted by atomic mass is 10.1. The van der Waals surface area contributed by atoms with Crippen molar-refractivity contribution >= 4 is 11.8 Å². The van der Waals surface area contributed by atoms with Gasteiger partial charge in [0.1, 0.15) is 0 Å². The summed E-state index contributed by atoms with van der Waals surface area (Å²) in [5.41, 5.74) is 1.16. The van der Waals surface area contributed by atoms with Crippen molar-refractivity contribution in [2.45, 2.75) is 31.7 Å². The molecule has 2 amide bonds. The first kappa shape index (κ1) is 13.3. The van der Waals surface area contributed by atoms with Crippen LogP contribution in [0.3, 0.4) is 0 Å². The summed E-state index contributed by atoms with van der Waals surface area (Å²) in [6.45, 7) is 2.42. The highest BCUT2D eigenvalue weighted by atomic mass is 16.2. The van der Waals surface area contributed by atoms with Gasteiger partial charge in [0.25, 0.3) is 0 Å². The van der Waals surface area contributed by atoms with E-state index in [-0.39, 0.29) is 17.9 Å². The van der Waals surface area contributed by atoms with Crippen LogP contribution < -0.4 is 0 Å². The highest BCUT2D eigenvalue weighted by Crippen LogP contribution is 2.22. The molecule has 2 aliphatic heterocycles. The molecular weight excluding hydrogens is 252 g/mol. The maximum Gasteiger partial charge on any atom is 0.247 e. The van der Waals surface area contributed by atoms with E-state index in [1.807, 2.05) is 30.3 Å². The van der Waals surface area contributed by atoms with E-state index in [1.165, 1.54) is 4.90 Å². The minimum atomic E-state index is -0.194. The van der Waals surface area contributed by atoms with Gasteiger partial charge in [0.15, 0.2) is 0 Å². The number of imide groups is 1. The minimum Gasteiger partial charge on any atom is -0.292 e. The molecule has 1 aromatic carbocycles. The lowest BCUT2D eigenvalue weighted by Gasteiger charge is -2.21. The zero-order chi connectivity index (χ0) is 13.9. The van der Waals surface area contributed by atoms with Gasteiger partial charge in [-0.2, -0.15) is 0 Å². The molecule has 0 aliphatic carbocycles. The smallest absolute Gasteiger partial charge is 0.247 e. The van der Waals surface area contributed by atoms with Crippen LogP contribution in [0.5, 0.6) is 0 Å². The van der Waals surface area contributed by atoms with E-state index in [9.17, 15) is 9.59 Å². The molecule has 0 radical (unpaired) electrons. The minimum absolute atomic E-state index is 0.00725. The first-order valence-electron chi connectivity index (χ1n) is 7.38. The van der Waals surface area contributed by atoms with Crippen LogP contribution in [0.15, 0.2) is 30.3 Å². The molecule has 0 aromatic heterocycles. The van der Waals surface area contributed by atoms with Gasteiger partial charge in [0, 0.05) is 6.54 Å². The summed E-state index contributed by atoms with van der Waals surface area (Å²) in [5, 5.41) is 0. The molecule has 2 saturated heterocycles. The molecule has 20 heavy (non-hydrogen) atoms. The van der Waals surface area contributed by atoms with Crippen molar-refractivity contribution in [3.05, 3.63) is 35.9 Å². The van der Waals surface area contributed by atoms with E-state index < -0.39 is 0 Å². The van der Waals surface area contributed by atoms with Gasteiger partial charge < -0.3 is 0 Å². The van der Waals surface area contributed by atoms with Crippen molar-refractivity contribution < 1.29 is 9.59 Å². The summed E-state index contributed by atoms with van der Waals surface area (Å²) in [4.78, 5) is 28.1. The largest absolute Gasteiger partial charge is 0.292 e. The first-order chi connectivity index (χ1) is 9.75. The number of carbonyl (C=O) groups excluding carboxylic acids is 2. The Bertz CT molecular complexity index is 494. The molecule has 0 saturated carbocycles. The maximum atomic E-state index is 12.4. The van der Waals surface area contributed by atoms with E-state index in [2.05, 4.69) is 4.90 Å². The fraction of sp³-hybridized carbons (Fsp3) is 0.500. The Morgan fingerprint density at radius 1 is 1.05 bits per heavy atom. The van der Waals surface area contributed by atoms with Crippen molar-refractivity contribution in [3.63, 3.8) is 0 Å². The number of likely N-dealkylation sites (tertiary alicyclic amines) is 2. The van der Waals surface area contributed by atoms with E-state index in [1.54, 1.807) is 0 Å². The SMILES string of the molecule is O=C1CC(N2CCCC2)C(=O)N1CCc1ccccc1. The predicted octanol–water partition coefficient (Wildman–Crippen LogP) is 1.45. The van der Waals surface area contributed by atoms with Gasteiger partial charge >= 0.3 is 0 Å². The highest BCUT2D eigenvalue weighted by Gasteiger charge is 2.41. The van der Waals surface area contributed by atoms with Crippen molar-refractivity contribution in [2.75, 3.05) is 19.6 Å². The van der Waals surface area contributed by atoms with Crippen LogP contribution in [-0.4, -0.2) is 47.3 Å². The molecule has 0 bridgehead atoms. The van der Waals surface area contributed by atoms with E-state index >= 15 is 0 Å². The van der Waals surface area contributed by atoms with Crippen LogP contribution in [0.25, 0.3) is 0 Å². The normalized spacial score (nSPS) is 23.8. The van der Waals surface area contributed by atoms with Crippen LogP contribution in [0.2, 0.25) is 0 Å². The van der Waals surface area contributed by atoms with Gasteiger partial charge in [-0.25, -0.2) is 0 Å². The van der Waals surface area contributed by atoms with Gasteiger partial charge in [-0.1, -0.05) is 30.3 Å². The molecule has 1 aromatic rings. The molecule has 1 unspecified atom stereocenters. The Morgan fingerprint density at radius 2 is 1.75 bits per heavy atom. The Labute approximate surface area is 119 Å². The standard InChI is InChI=1S/C16H20N2O2/c19-15-12-14(17-9-4-5-10-17)16(20)18(15)11-8-13-6-2-1-3-7-13/h1-3,6-7,14H,4-5,8-12H2. The summed E-state index contributed by atoms with van der Waals surface area (Å²) in [6, 6.07) is 9.80. The van der Waals surface area contributed by atoms with Crippen molar-refractivity contribution in [1.29, 1.82) is 0 Å². The fourth-order valence-corrected chi connectivity index (χ4v) is 3.12. The zero-order valence-electron chi connectivity index (χ0n) is 11.6. The molecule has 106 valence electrons. The number of amides is 2. The van der Waals surface area contributed by atoms with Crippen LogP contribution in [0.1, 0.15) is 24.8 Å². The average Bonchev–Trinajstić information content (AvgIpc) is 3.07. The monoisotopic (exact) mass is 272 g/mol. The second-order valence-corrected chi connectivity index (χ2v) is 5.58. The van der Waals surface area contributed by atoms with Crippen LogP contribution >= 0.6 is 0 Å². The number of rotatable bonds is 4. The van der Waals surface area contributed by atoms with Crippen molar-refractivity contribution in [2.24, 2.45) is 0 Å². The maximum absolute atomic E-state index is 12.4. The van der Waals surface area contributed by atoms with Crippen LogP contribution in [0.4, 0.5) is 0 Å². The molecule has 1 atom stereocenters. The number of nitrogens with zero attached hydrogens (tertiary/aromatic N) is 2. The second-order valence-electron chi connectivity index (χ2n) is 5.58. The third-order valence-corrected chi connectivity index (χ3v) is 4.27. The average molecular weight is 272 g/mol. The summed E-state index contributed by atoms with van der Waals surface area (Å²) >= 11 is 0. The summed E-state index contributed by atoms with van der Waals surface area (Å²) in [6.07, 6.45) is 3.39. The summed E-state index contributed by atoms with van der Waals surface area (Å²) in [5.74, 6) is -0.00402. The Balaban J connectivity index is 1.62. The van der Waals surface area contributed by atoms with Crippen molar-refractivity contribution in [1.82, 2.24) is 9.80 Å². The third-order valence-electron chi connectivity index (χ3n) is 4.27. The van der Waals surface area contributed by atoms with Crippen LogP contribution in [0, 0.1) is 0 Å². The van der Waals surface area contributed by atoms with Gasteiger partial charge in [-0.15, -0.1) is 0 Å². The Morgan fingerprint density at radius 3 is 2.45 bits per heavy atom. The Hall–Kier alpha value is -1.68. The number of carbonyl (C=O) groups is 2. The zero-order valence-corrected chi connectivity index (χ0v) is 11.6. The molecule has 2 heterocycles. The van der Waals surface area contributed by atoms with E-state index in [0.717, 1.165) is 37.9 Å². The lowest BCUT2D eigenvalue weighted by Crippen LogP contribution is -2.41. The van der Waals surface area contributed by atoms with Gasteiger partial charge in [0.2, 0.25) is 11.8 Å². The molecule has 4 nitrogen and oxygen atoms in total. The van der Waals surface area contributed by atoms with Gasteiger partial charge in [0.05, 0.1) is 12.5 Å². The first-order valence-corrected chi connectivity index (χ1v) is 7.38. The molecule has 0 spiro atoms.